The van der Waals surface area contributed by atoms with Crippen molar-refractivity contribution < 1.29 is 9.53 Å². The van der Waals surface area contributed by atoms with E-state index in [4.69, 9.17) is 4.74 Å². The number of Topliss-reactive ketones (excluding diaryl/α,β-unsaturated/α-hetero) is 1. The minimum absolute atomic E-state index is 0.00166. The van der Waals surface area contributed by atoms with Gasteiger partial charge in [-0.25, -0.2) is 0 Å². The maximum atomic E-state index is 12.0. The molecule has 0 radical (unpaired) electrons. The Morgan fingerprint density at radius 2 is 2.05 bits per heavy atom. The van der Waals surface area contributed by atoms with E-state index in [-0.39, 0.29) is 12.4 Å². The highest BCUT2D eigenvalue weighted by Crippen LogP contribution is 2.23. The highest BCUT2D eigenvalue weighted by atomic mass is 16.5. The number of hydrogen-bond acceptors (Lipinski definition) is 2. The summed E-state index contributed by atoms with van der Waals surface area (Å²) in [5, 5.41) is 0. The molecule has 1 heterocycles. The molecule has 3 nitrogen and oxygen atoms in total. The first-order chi connectivity index (χ1) is 9.45. The van der Waals surface area contributed by atoms with Crippen LogP contribution < -0.4 is 4.74 Å². The van der Waals surface area contributed by atoms with Crippen LogP contribution in [0, 0.1) is 6.92 Å². The molecule has 0 spiro atoms. The Kier molecular flexibility index (Phi) is 4.28. The van der Waals surface area contributed by atoms with Crippen molar-refractivity contribution in [3.8, 4) is 5.75 Å². The zero-order chi connectivity index (χ0) is 14.7. The zero-order valence-corrected chi connectivity index (χ0v) is 12.5. The summed E-state index contributed by atoms with van der Waals surface area (Å²) in [7, 11) is 1.90. The summed E-state index contributed by atoms with van der Waals surface area (Å²) >= 11 is 0. The van der Waals surface area contributed by atoms with Crippen LogP contribution >= 0.6 is 0 Å². The van der Waals surface area contributed by atoms with E-state index >= 15 is 0 Å². The van der Waals surface area contributed by atoms with Crippen molar-refractivity contribution in [1.82, 2.24) is 4.57 Å². The fraction of sp³-hybridized carbons (Fsp3) is 0.353. The lowest BCUT2D eigenvalue weighted by atomic mass is 10.0. The maximum absolute atomic E-state index is 12.0. The predicted octanol–water partition coefficient (Wildman–Crippen LogP) is 3.72. The van der Waals surface area contributed by atoms with E-state index in [1.807, 2.05) is 49.1 Å². The van der Waals surface area contributed by atoms with Gasteiger partial charge in [-0.1, -0.05) is 19.9 Å². The van der Waals surface area contributed by atoms with Crippen LogP contribution in [0.2, 0.25) is 0 Å². The summed E-state index contributed by atoms with van der Waals surface area (Å²) in [6, 6.07) is 7.93. The van der Waals surface area contributed by atoms with Crippen LogP contribution in [0.1, 0.15) is 41.3 Å². The van der Waals surface area contributed by atoms with Crippen LogP contribution in [-0.2, 0) is 7.05 Å². The Hall–Kier alpha value is -2.03. The van der Waals surface area contributed by atoms with Crippen LogP contribution in [-0.4, -0.2) is 17.0 Å². The number of aromatic nitrogens is 1. The minimum Gasteiger partial charge on any atom is -0.485 e. The van der Waals surface area contributed by atoms with Crippen LogP contribution in [0.3, 0.4) is 0 Å². The highest BCUT2D eigenvalue weighted by molar-refractivity contribution is 5.97. The fourth-order valence-electron chi connectivity index (χ4n) is 2.09. The molecule has 2 rings (SSSR count). The lowest BCUT2D eigenvalue weighted by molar-refractivity contribution is 0.0921. The van der Waals surface area contributed by atoms with Crippen LogP contribution in [0.4, 0.5) is 0 Å². The molecule has 0 aliphatic rings. The van der Waals surface area contributed by atoms with E-state index in [1.54, 1.807) is 0 Å². The molecule has 1 aromatic carbocycles. The maximum Gasteiger partial charge on any atom is 0.201 e. The summed E-state index contributed by atoms with van der Waals surface area (Å²) in [4.78, 5) is 12.0. The molecule has 0 N–H and O–H groups in total. The van der Waals surface area contributed by atoms with Crippen molar-refractivity contribution in [2.45, 2.75) is 26.7 Å². The first-order valence-corrected chi connectivity index (χ1v) is 6.85. The molecule has 0 aliphatic carbocycles. The van der Waals surface area contributed by atoms with Crippen molar-refractivity contribution in [2.75, 3.05) is 6.61 Å². The molecule has 0 unspecified atom stereocenters. The number of ketones is 1. The molecule has 2 aromatic rings. The normalized spacial score (nSPS) is 10.8. The van der Waals surface area contributed by atoms with Crippen molar-refractivity contribution in [3.05, 3.63) is 53.3 Å². The van der Waals surface area contributed by atoms with Gasteiger partial charge in [0.15, 0.2) is 6.61 Å². The number of hydrogen-bond donors (Lipinski definition) is 0. The van der Waals surface area contributed by atoms with Crippen LogP contribution in [0.15, 0.2) is 36.7 Å². The van der Waals surface area contributed by atoms with Gasteiger partial charge in [0, 0.05) is 25.0 Å². The number of carbonyl (C=O) groups excluding carboxylic acids is 1. The quantitative estimate of drug-likeness (QED) is 0.776. The third-order valence-corrected chi connectivity index (χ3v) is 3.26. The molecule has 0 fully saturated rings. The second-order valence-electron chi connectivity index (χ2n) is 5.51. The number of rotatable bonds is 5. The fourth-order valence-corrected chi connectivity index (χ4v) is 2.09. The summed E-state index contributed by atoms with van der Waals surface area (Å²) < 4.78 is 7.50. The van der Waals surface area contributed by atoms with Gasteiger partial charge in [0.05, 0.1) is 0 Å². The second-order valence-corrected chi connectivity index (χ2v) is 5.51. The molecular formula is C17H21NO2. The van der Waals surface area contributed by atoms with E-state index in [1.165, 1.54) is 5.56 Å². The average Bonchev–Trinajstić information content (AvgIpc) is 2.82. The van der Waals surface area contributed by atoms with Gasteiger partial charge in [0.1, 0.15) is 5.75 Å². The highest BCUT2D eigenvalue weighted by Gasteiger charge is 2.09. The van der Waals surface area contributed by atoms with E-state index in [9.17, 15) is 4.79 Å². The molecule has 0 atom stereocenters. The predicted molar refractivity (Wildman–Crippen MR) is 80.5 cm³/mol. The average molecular weight is 271 g/mol. The molecule has 0 aliphatic heterocycles. The number of ether oxygens (including phenoxy) is 1. The van der Waals surface area contributed by atoms with Gasteiger partial charge in [-0.15, -0.1) is 0 Å². The molecule has 20 heavy (non-hydrogen) atoms. The molecule has 0 saturated carbocycles. The molecule has 106 valence electrons. The first-order valence-electron chi connectivity index (χ1n) is 6.85. The van der Waals surface area contributed by atoms with E-state index in [0.29, 0.717) is 11.5 Å². The van der Waals surface area contributed by atoms with Gasteiger partial charge in [-0.3, -0.25) is 4.79 Å². The molecule has 3 heteroatoms. The van der Waals surface area contributed by atoms with Gasteiger partial charge < -0.3 is 9.30 Å². The van der Waals surface area contributed by atoms with Crippen LogP contribution in [0.5, 0.6) is 5.75 Å². The topological polar surface area (TPSA) is 31.2 Å². The van der Waals surface area contributed by atoms with Crippen LogP contribution in [0.25, 0.3) is 0 Å². The van der Waals surface area contributed by atoms with Gasteiger partial charge in [-0.2, -0.15) is 0 Å². The van der Waals surface area contributed by atoms with Crippen molar-refractivity contribution >= 4 is 5.78 Å². The summed E-state index contributed by atoms with van der Waals surface area (Å²) in [5.74, 6) is 1.21. The van der Waals surface area contributed by atoms with Crippen molar-refractivity contribution in [3.63, 3.8) is 0 Å². The third-order valence-electron chi connectivity index (χ3n) is 3.26. The summed E-state index contributed by atoms with van der Waals surface area (Å²) in [5.41, 5.74) is 3.06. The lowest BCUT2D eigenvalue weighted by Gasteiger charge is -2.11. The number of aryl methyl sites for hydroxylation is 2. The van der Waals surface area contributed by atoms with E-state index in [0.717, 1.165) is 11.3 Å². The van der Waals surface area contributed by atoms with Gasteiger partial charge in [0.2, 0.25) is 5.78 Å². The van der Waals surface area contributed by atoms with Crippen molar-refractivity contribution in [1.29, 1.82) is 0 Å². The Balaban J connectivity index is 2.05. The molecule has 0 saturated heterocycles. The Morgan fingerprint density at radius 1 is 1.30 bits per heavy atom. The lowest BCUT2D eigenvalue weighted by Crippen LogP contribution is -2.11. The monoisotopic (exact) mass is 271 g/mol. The number of nitrogens with zero attached hydrogens (tertiary/aromatic N) is 1. The smallest absolute Gasteiger partial charge is 0.201 e. The molecule has 0 bridgehead atoms. The standard InChI is InChI=1S/C17H21NO2/c1-12(2)15-7-13(3)8-16(9-15)20-11-17(19)14-5-6-18(4)10-14/h5-10,12H,11H2,1-4H3. The molecule has 1 aromatic heterocycles. The largest absolute Gasteiger partial charge is 0.485 e. The Morgan fingerprint density at radius 3 is 2.65 bits per heavy atom. The van der Waals surface area contributed by atoms with Gasteiger partial charge >= 0.3 is 0 Å². The van der Waals surface area contributed by atoms with E-state index in [2.05, 4.69) is 19.9 Å². The van der Waals surface area contributed by atoms with Crippen molar-refractivity contribution in [2.24, 2.45) is 7.05 Å². The number of carbonyl (C=O) groups is 1. The summed E-state index contributed by atoms with van der Waals surface area (Å²) in [6.07, 6.45) is 3.66. The summed E-state index contributed by atoms with van der Waals surface area (Å²) in [6.45, 7) is 6.41. The minimum atomic E-state index is -0.00166. The van der Waals surface area contributed by atoms with Gasteiger partial charge in [-0.05, 0) is 42.2 Å². The molecule has 0 amide bonds. The number of benzene rings is 1. The molecular weight excluding hydrogens is 250 g/mol. The first kappa shape index (κ1) is 14.4. The van der Waals surface area contributed by atoms with Gasteiger partial charge in [0.25, 0.3) is 0 Å². The Bertz CT molecular complexity index is 611. The third kappa shape index (κ3) is 3.50. The SMILES string of the molecule is Cc1cc(OCC(=O)c2ccn(C)c2)cc(C(C)C)c1. The Labute approximate surface area is 120 Å². The second kappa shape index (κ2) is 5.95. The van der Waals surface area contributed by atoms with E-state index < -0.39 is 0 Å². The zero-order valence-electron chi connectivity index (χ0n) is 12.5.